The van der Waals surface area contributed by atoms with E-state index in [1.165, 1.54) is 61.2 Å². The van der Waals surface area contributed by atoms with E-state index in [9.17, 15) is 0 Å². The molecule has 0 unspecified atom stereocenters. The molecule has 0 aliphatic heterocycles. The van der Waals surface area contributed by atoms with Crippen LogP contribution >= 0.6 is 56.7 Å². The van der Waals surface area contributed by atoms with Gasteiger partial charge in [-0.05, 0) is 57.9 Å². The van der Waals surface area contributed by atoms with Gasteiger partial charge in [-0.25, -0.2) is 0 Å². The molecule has 0 spiro atoms. The van der Waals surface area contributed by atoms with Crippen LogP contribution in [0.5, 0.6) is 0 Å². The van der Waals surface area contributed by atoms with E-state index in [0.29, 0.717) is 0 Å². The van der Waals surface area contributed by atoms with Gasteiger partial charge in [0.25, 0.3) is 0 Å². The van der Waals surface area contributed by atoms with E-state index in [4.69, 9.17) is 0 Å². The normalized spacial score (nSPS) is 12.1. The Kier molecular flexibility index (Phi) is 3.60. The molecule has 0 N–H and O–H groups in total. The fraction of sp³-hybridized carbons (Fsp3) is 0. The lowest BCUT2D eigenvalue weighted by Crippen LogP contribution is -1.77. The number of hydrogen-bond donors (Lipinski definition) is 0. The van der Waals surface area contributed by atoms with Gasteiger partial charge in [0, 0.05) is 61.2 Å². The lowest BCUT2D eigenvalue weighted by atomic mass is 10.0. The van der Waals surface area contributed by atoms with E-state index < -0.39 is 0 Å². The number of thiophene rings is 5. The van der Waals surface area contributed by atoms with Gasteiger partial charge in [-0.3, -0.25) is 0 Å². The number of benzene rings is 2. The first-order valence-corrected chi connectivity index (χ1v) is 13.6. The standard InChI is InChI=1S/C24H12S5/c1-3-17(25-7-1)15-11-19-21(13-5-9-27-23(13)15)22-14-6-10-28-24(14)16(12-20(22)29-19)18-4-2-8-26-18/h1-12H. The highest BCUT2D eigenvalue weighted by atomic mass is 32.1. The van der Waals surface area contributed by atoms with E-state index in [1.54, 1.807) is 0 Å². The van der Waals surface area contributed by atoms with Crippen molar-refractivity contribution in [1.29, 1.82) is 0 Å². The third-order valence-corrected chi connectivity index (χ3v) is 10.2. The summed E-state index contributed by atoms with van der Waals surface area (Å²) in [7, 11) is 0. The van der Waals surface area contributed by atoms with Crippen LogP contribution in [0.2, 0.25) is 0 Å². The molecule has 0 radical (unpaired) electrons. The molecule has 0 saturated heterocycles. The number of rotatable bonds is 2. The van der Waals surface area contributed by atoms with Crippen molar-refractivity contribution < 1.29 is 0 Å². The van der Waals surface area contributed by atoms with Crippen molar-refractivity contribution in [3.05, 3.63) is 70.1 Å². The highest BCUT2D eigenvalue weighted by Gasteiger charge is 2.19. The summed E-state index contributed by atoms with van der Waals surface area (Å²) in [4.78, 5) is 2.72. The van der Waals surface area contributed by atoms with Crippen molar-refractivity contribution in [2.45, 2.75) is 0 Å². The second-order valence-electron chi connectivity index (χ2n) is 6.98. The van der Waals surface area contributed by atoms with Gasteiger partial charge in [-0.15, -0.1) is 56.7 Å². The Labute approximate surface area is 186 Å². The zero-order chi connectivity index (χ0) is 18.9. The molecule has 7 aromatic rings. The van der Waals surface area contributed by atoms with Crippen LogP contribution in [0.15, 0.2) is 70.1 Å². The summed E-state index contributed by atoms with van der Waals surface area (Å²) in [6.45, 7) is 0. The molecule has 138 valence electrons. The summed E-state index contributed by atoms with van der Waals surface area (Å²) in [6.07, 6.45) is 0. The van der Waals surface area contributed by atoms with E-state index in [2.05, 4.69) is 70.1 Å². The molecule has 5 heterocycles. The van der Waals surface area contributed by atoms with Gasteiger partial charge in [0.15, 0.2) is 0 Å². The van der Waals surface area contributed by atoms with Crippen molar-refractivity contribution >= 4 is 97.0 Å². The van der Waals surface area contributed by atoms with Crippen LogP contribution in [0.3, 0.4) is 0 Å². The van der Waals surface area contributed by atoms with Gasteiger partial charge in [0.1, 0.15) is 0 Å². The van der Waals surface area contributed by atoms with Crippen LogP contribution in [0, 0.1) is 0 Å². The predicted octanol–water partition coefficient (Wildman–Crippen LogP) is 9.94. The van der Waals surface area contributed by atoms with E-state index in [1.807, 2.05) is 56.7 Å². The Morgan fingerprint density at radius 3 is 1.48 bits per heavy atom. The summed E-state index contributed by atoms with van der Waals surface area (Å²) in [6, 6.07) is 18.3. The summed E-state index contributed by atoms with van der Waals surface area (Å²) in [5.41, 5.74) is 2.76. The van der Waals surface area contributed by atoms with Crippen molar-refractivity contribution in [3.8, 4) is 20.9 Å². The molecule has 0 saturated carbocycles. The van der Waals surface area contributed by atoms with Gasteiger partial charge in [0.05, 0.1) is 0 Å². The van der Waals surface area contributed by atoms with Gasteiger partial charge < -0.3 is 0 Å². The minimum absolute atomic E-state index is 1.36. The predicted molar refractivity (Wildman–Crippen MR) is 137 cm³/mol. The molecule has 0 nitrogen and oxygen atoms in total. The third-order valence-electron chi connectivity index (χ3n) is 5.45. The van der Waals surface area contributed by atoms with Gasteiger partial charge in [-0.2, -0.15) is 0 Å². The van der Waals surface area contributed by atoms with E-state index in [0.717, 1.165) is 0 Å². The quantitative estimate of drug-likeness (QED) is 0.241. The van der Waals surface area contributed by atoms with Crippen molar-refractivity contribution in [2.75, 3.05) is 0 Å². The molecule has 0 aliphatic carbocycles. The maximum absolute atomic E-state index is 2.42. The first kappa shape index (κ1) is 16.7. The molecule has 0 aliphatic rings. The van der Waals surface area contributed by atoms with Crippen molar-refractivity contribution in [1.82, 2.24) is 0 Å². The van der Waals surface area contributed by atoms with Crippen LogP contribution in [0.4, 0.5) is 0 Å². The number of hydrogen-bond acceptors (Lipinski definition) is 5. The van der Waals surface area contributed by atoms with Gasteiger partial charge >= 0.3 is 0 Å². The first-order chi connectivity index (χ1) is 14.4. The molecule has 7 rings (SSSR count). The number of fused-ring (bicyclic) bond motifs is 7. The largest absolute Gasteiger partial charge is 0.144 e. The second kappa shape index (κ2) is 6.24. The molecule has 5 aromatic heterocycles. The van der Waals surface area contributed by atoms with Gasteiger partial charge in [0.2, 0.25) is 0 Å². The highest BCUT2D eigenvalue weighted by Crippen LogP contribution is 2.49. The highest BCUT2D eigenvalue weighted by molar-refractivity contribution is 7.27. The molecule has 5 heteroatoms. The van der Waals surface area contributed by atoms with Crippen LogP contribution in [0.25, 0.3) is 61.2 Å². The van der Waals surface area contributed by atoms with Crippen LogP contribution in [-0.4, -0.2) is 0 Å². The zero-order valence-corrected chi connectivity index (χ0v) is 19.1. The molecule has 0 amide bonds. The zero-order valence-electron chi connectivity index (χ0n) is 15.0. The van der Waals surface area contributed by atoms with E-state index >= 15 is 0 Å². The minimum Gasteiger partial charge on any atom is -0.144 e. The molecular weight excluding hydrogens is 449 g/mol. The Balaban J connectivity index is 1.68. The lowest BCUT2D eigenvalue weighted by molar-refractivity contribution is 1.91. The SMILES string of the molecule is c1csc(-c2cc3sc4cc(-c5cccs5)c5sccc5c4c3c3ccsc23)c1. The Morgan fingerprint density at radius 1 is 0.517 bits per heavy atom. The summed E-state index contributed by atoms with van der Waals surface area (Å²) < 4.78 is 5.60. The summed E-state index contributed by atoms with van der Waals surface area (Å²) in [5.74, 6) is 0. The maximum atomic E-state index is 2.42. The molecular formula is C24H12S5. The summed E-state index contributed by atoms with van der Waals surface area (Å²) >= 11 is 9.32. The van der Waals surface area contributed by atoms with Crippen molar-refractivity contribution in [2.24, 2.45) is 0 Å². The molecule has 29 heavy (non-hydrogen) atoms. The molecule has 0 atom stereocenters. The van der Waals surface area contributed by atoms with Crippen LogP contribution in [-0.2, 0) is 0 Å². The average molecular weight is 461 g/mol. The first-order valence-electron chi connectivity index (χ1n) is 9.23. The van der Waals surface area contributed by atoms with Crippen molar-refractivity contribution in [3.63, 3.8) is 0 Å². The lowest BCUT2D eigenvalue weighted by Gasteiger charge is -2.05. The van der Waals surface area contributed by atoms with Crippen LogP contribution in [0.1, 0.15) is 0 Å². The molecule has 2 aromatic carbocycles. The van der Waals surface area contributed by atoms with Crippen LogP contribution < -0.4 is 0 Å². The molecule has 0 fully saturated rings. The Hall–Kier alpha value is -2.02. The van der Waals surface area contributed by atoms with E-state index in [-0.39, 0.29) is 0 Å². The third kappa shape index (κ3) is 2.34. The Bertz CT molecular complexity index is 1510. The van der Waals surface area contributed by atoms with Gasteiger partial charge in [-0.1, -0.05) is 12.1 Å². The monoisotopic (exact) mass is 460 g/mol. The smallest absolute Gasteiger partial charge is 0.0436 e. The fourth-order valence-corrected chi connectivity index (χ4v) is 8.97. The second-order valence-corrected chi connectivity index (χ2v) is 11.8. The minimum atomic E-state index is 1.36. The summed E-state index contributed by atoms with van der Waals surface area (Å²) in [5, 5.41) is 14.5. The Morgan fingerprint density at radius 2 is 1.03 bits per heavy atom. The topological polar surface area (TPSA) is 0 Å². The maximum Gasteiger partial charge on any atom is 0.0436 e. The molecule has 0 bridgehead atoms. The average Bonchev–Trinajstić information content (AvgIpc) is 3.55. The fourth-order valence-electron chi connectivity index (χ4n) is 4.26.